The van der Waals surface area contributed by atoms with Crippen LogP contribution in [0.2, 0.25) is 0 Å². The third-order valence-electron chi connectivity index (χ3n) is 4.37. The van der Waals surface area contributed by atoms with Gasteiger partial charge in [-0.2, -0.15) is 0 Å². The summed E-state index contributed by atoms with van der Waals surface area (Å²) >= 11 is 11.1. The molecule has 7 heteroatoms. The molecule has 1 aromatic heterocycles. The Labute approximate surface area is 183 Å². The normalized spacial score (nSPS) is 11.0. The van der Waals surface area contributed by atoms with E-state index in [4.69, 9.17) is 4.74 Å². The van der Waals surface area contributed by atoms with Gasteiger partial charge in [0, 0.05) is 25.4 Å². The van der Waals surface area contributed by atoms with Gasteiger partial charge in [0.2, 0.25) is 5.91 Å². The number of amides is 1. The quantitative estimate of drug-likeness (QED) is 0.424. The van der Waals surface area contributed by atoms with Crippen LogP contribution in [0.3, 0.4) is 0 Å². The van der Waals surface area contributed by atoms with Crippen molar-refractivity contribution >= 4 is 64.6 Å². The molecule has 2 aromatic carbocycles. The van der Waals surface area contributed by atoms with Crippen molar-refractivity contribution in [3.8, 4) is 5.75 Å². The Morgan fingerprint density at radius 2 is 1.89 bits per heavy atom. The zero-order chi connectivity index (χ0) is 19.6. The molecule has 0 saturated carbocycles. The van der Waals surface area contributed by atoms with Crippen LogP contribution in [0.4, 0.5) is 0 Å². The maximum Gasteiger partial charge on any atom is 0.216 e. The van der Waals surface area contributed by atoms with Gasteiger partial charge in [0.1, 0.15) is 5.75 Å². The third-order valence-corrected chi connectivity index (χ3v) is 6.62. The lowest BCUT2D eigenvalue weighted by molar-refractivity contribution is -0.118. The number of nitrogens with zero attached hydrogens (tertiary/aromatic N) is 1. The maximum absolute atomic E-state index is 11.3. The summed E-state index contributed by atoms with van der Waals surface area (Å²) in [6.45, 7) is 2.84. The number of benzene rings is 2. The zero-order valence-corrected chi connectivity index (χ0v) is 19.7. The SMILES string of the molecule is COc1c(Br)cc2c(c1Br)c(CCNC(C)=O)c(Br)n2Cc1ccccc1. The maximum atomic E-state index is 11.3. The molecule has 142 valence electrons. The molecule has 1 N–H and O–H groups in total. The van der Waals surface area contributed by atoms with Crippen LogP contribution in [0.1, 0.15) is 18.1 Å². The van der Waals surface area contributed by atoms with Gasteiger partial charge in [-0.15, -0.1) is 0 Å². The molecule has 3 aromatic rings. The molecular weight excluding hydrogens is 540 g/mol. The highest BCUT2D eigenvalue weighted by atomic mass is 79.9. The van der Waals surface area contributed by atoms with Crippen molar-refractivity contribution < 1.29 is 9.53 Å². The molecule has 27 heavy (non-hydrogen) atoms. The molecule has 1 amide bonds. The molecule has 0 fully saturated rings. The topological polar surface area (TPSA) is 43.3 Å². The minimum Gasteiger partial charge on any atom is -0.494 e. The molecule has 0 saturated heterocycles. The Morgan fingerprint density at radius 1 is 1.19 bits per heavy atom. The Bertz CT molecular complexity index is 984. The van der Waals surface area contributed by atoms with Gasteiger partial charge in [-0.25, -0.2) is 0 Å². The molecule has 0 aliphatic heterocycles. The molecule has 0 bridgehead atoms. The first-order chi connectivity index (χ1) is 12.9. The second-order valence-corrected chi connectivity index (χ2v) is 8.57. The second-order valence-electron chi connectivity index (χ2n) is 6.17. The van der Waals surface area contributed by atoms with Crippen LogP contribution in [0.5, 0.6) is 5.75 Å². The summed E-state index contributed by atoms with van der Waals surface area (Å²) in [4.78, 5) is 11.3. The van der Waals surface area contributed by atoms with Crippen molar-refractivity contribution in [3.05, 3.63) is 61.1 Å². The van der Waals surface area contributed by atoms with E-state index in [9.17, 15) is 4.79 Å². The molecule has 0 atom stereocenters. The number of carbonyl (C=O) groups is 1. The van der Waals surface area contributed by atoms with Gasteiger partial charge < -0.3 is 14.6 Å². The fourth-order valence-electron chi connectivity index (χ4n) is 3.16. The number of ether oxygens (including phenoxy) is 1. The van der Waals surface area contributed by atoms with E-state index >= 15 is 0 Å². The number of aromatic nitrogens is 1. The molecule has 0 radical (unpaired) electrons. The number of nitrogens with one attached hydrogen (secondary N) is 1. The molecule has 3 rings (SSSR count). The van der Waals surface area contributed by atoms with E-state index in [1.165, 1.54) is 12.5 Å². The highest BCUT2D eigenvalue weighted by Gasteiger charge is 2.22. The van der Waals surface area contributed by atoms with Crippen LogP contribution in [-0.2, 0) is 17.8 Å². The number of methoxy groups -OCH3 is 1. The molecule has 4 nitrogen and oxygen atoms in total. The minimum atomic E-state index is -0.0291. The minimum absolute atomic E-state index is 0.0291. The summed E-state index contributed by atoms with van der Waals surface area (Å²) in [5.74, 6) is 0.728. The first-order valence-electron chi connectivity index (χ1n) is 8.45. The summed E-state index contributed by atoms with van der Waals surface area (Å²) in [5.41, 5.74) is 3.43. The van der Waals surface area contributed by atoms with Gasteiger partial charge in [-0.3, -0.25) is 4.79 Å². The lowest BCUT2D eigenvalue weighted by Gasteiger charge is -2.11. The number of halogens is 3. The first kappa shape index (κ1) is 20.4. The van der Waals surface area contributed by atoms with Gasteiger partial charge in [0.15, 0.2) is 0 Å². The first-order valence-corrected chi connectivity index (χ1v) is 10.8. The Balaban J connectivity index is 2.16. The van der Waals surface area contributed by atoms with Crippen LogP contribution >= 0.6 is 47.8 Å². The van der Waals surface area contributed by atoms with Crippen LogP contribution < -0.4 is 10.1 Å². The summed E-state index contributed by atoms with van der Waals surface area (Å²) in [5, 5.41) is 3.97. The highest BCUT2D eigenvalue weighted by Crippen LogP contribution is 2.44. The molecule has 1 heterocycles. The third kappa shape index (κ3) is 4.25. The fourth-order valence-corrected chi connectivity index (χ4v) is 5.53. The van der Waals surface area contributed by atoms with Crippen molar-refractivity contribution in [2.75, 3.05) is 13.7 Å². The van der Waals surface area contributed by atoms with E-state index in [-0.39, 0.29) is 5.91 Å². The molecular formula is C20H19Br3N2O2. The fraction of sp³-hybridized carbons (Fsp3) is 0.250. The summed E-state index contributed by atoms with van der Waals surface area (Å²) in [6.07, 6.45) is 0.710. The predicted octanol–water partition coefficient (Wildman–Crippen LogP) is 5.66. The van der Waals surface area contributed by atoms with Crippen molar-refractivity contribution in [1.82, 2.24) is 9.88 Å². The van der Waals surface area contributed by atoms with Crippen molar-refractivity contribution in [2.45, 2.75) is 19.9 Å². The monoisotopic (exact) mass is 556 g/mol. The largest absolute Gasteiger partial charge is 0.494 e. The summed E-state index contributed by atoms with van der Waals surface area (Å²) in [7, 11) is 1.66. The lowest BCUT2D eigenvalue weighted by atomic mass is 10.1. The number of fused-ring (bicyclic) bond motifs is 1. The molecule has 0 unspecified atom stereocenters. The van der Waals surface area contributed by atoms with E-state index in [1.807, 2.05) is 18.2 Å². The van der Waals surface area contributed by atoms with Gasteiger partial charge in [0.25, 0.3) is 0 Å². The Morgan fingerprint density at radius 3 is 2.52 bits per heavy atom. The standard InChI is InChI=1S/C20H19Br3N2O2/c1-12(26)24-9-8-14-17-16(10-15(21)19(27-2)18(17)22)25(20(14)23)11-13-6-4-3-5-7-13/h3-7,10H,8-9,11H2,1-2H3,(H,24,26). The Hall–Kier alpha value is -1.31. The van der Waals surface area contributed by atoms with Gasteiger partial charge in [0.05, 0.1) is 26.2 Å². The smallest absolute Gasteiger partial charge is 0.216 e. The van der Waals surface area contributed by atoms with Crippen LogP contribution in [0.25, 0.3) is 10.9 Å². The van der Waals surface area contributed by atoms with E-state index in [0.29, 0.717) is 13.0 Å². The number of hydrogen-bond donors (Lipinski definition) is 1. The van der Waals surface area contributed by atoms with E-state index in [1.54, 1.807) is 7.11 Å². The van der Waals surface area contributed by atoms with Crippen LogP contribution in [0.15, 0.2) is 49.9 Å². The van der Waals surface area contributed by atoms with Crippen LogP contribution in [0, 0.1) is 0 Å². The van der Waals surface area contributed by atoms with Gasteiger partial charge in [-0.05, 0) is 71.4 Å². The average molecular weight is 559 g/mol. The summed E-state index contributed by atoms with van der Waals surface area (Å²) < 4.78 is 10.6. The zero-order valence-electron chi connectivity index (χ0n) is 15.0. The van der Waals surface area contributed by atoms with Gasteiger partial charge >= 0.3 is 0 Å². The number of rotatable bonds is 6. The van der Waals surface area contributed by atoms with Crippen LogP contribution in [-0.4, -0.2) is 24.1 Å². The van der Waals surface area contributed by atoms with E-state index < -0.39 is 0 Å². The molecule has 0 aliphatic rings. The molecule has 0 spiro atoms. The van der Waals surface area contributed by atoms with Crippen molar-refractivity contribution in [3.63, 3.8) is 0 Å². The second kappa shape index (κ2) is 8.80. The number of carbonyl (C=O) groups excluding carboxylic acids is 1. The Kier molecular flexibility index (Phi) is 6.65. The van der Waals surface area contributed by atoms with Crippen molar-refractivity contribution in [2.24, 2.45) is 0 Å². The van der Waals surface area contributed by atoms with Gasteiger partial charge in [-0.1, -0.05) is 30.3 Å². The number of hydrogen-bond acceptors (Lipinski definition) is 2. The van der Waals surface area contributed by atoms with Crippen molar-refractivity contribution in [1.29, 1.82) is 0 Å². The molecule has 0 aliphatic carbocycles. The lowest BCUT2D eigenvalue weighted by Crippen LogP contribution is -2.22. The van der Waals surface area contributed by atoms with E-state index in [2.05, 4.69) is 75.9 Å². The predicted molar refractivity (Wildman–Crippen MR) is 120 cm³/mol. The highest BCUT2D eigenvalue weighted by molar-refractivity contribution is 9.11. The average Bonchev–Trinajstić information content (AvgIpc) is 2.88. The summed E-state index contributed by atoms with van der Waals surface area (Å²) in [6, 6.07) is 12.4. The van der Waals surface area contributed by atoms with E-state index in [0.717, 1.165) is 42.3 Å².